The van der Waals surface area contributed by atoms with Crippen molar-refractivity contribution in [3.05, 3.63) is 114 Å². The monoisotopic (exact) mass is 574 g/mol. The number of carbonyl (C=O) groups excluding carboxylic acids is 2. The zero-order valence-corrected chi connectivity index (χ0v) is 24.2. The van der Waals surface area contributed by atoms with Crippen molar-refractivity contribution in [2.24, 2.45) is 0 Å². The van der Waals surface area contributed by atoms with Crippen LogP contribution in [0.3, 0.4) is 0 Å². The fraction of sp³-hybridized carbons (Fsp3) is 0.312. The third-order valence-corrected chi connectivity index (χ3v) is 8.61. The SMILES string of the molecule is CN1CCN(C(=O)N[C@@H](Cc2ccccc2)C(=O)N[C@@H](C=CS(=O)(=O)c2ccccc2)CCc2ccccc2)CC1. The van der Waals surface area contributed by atoms with E-state index in [2.05, 4.69) is 15.5 Å². The number of rotatable bonds is 11. The van der Waals surface area contributed by atoms with Crippen LogP contribution in [-0.4, -0.2) is 75.5 Å². The topological polar surface area (TPSA) is 98.8 Å². The second-order valence-corrected chi connectivity index (χ2v) is 12.1. The van der Waals surface area contributed by atoms with Gasteiger partial charge in [0.15, 0.2) is 9.84 Å². The first-order valence-electron chi connectivity index (χ1n) is 13.9. The molecule has 0 aromatic heterocycles. The minimum absolute atomic E-state index is 0.186. The van der Waals surface area contributed by atoms with Gasteiger partial charge in [0.2, 0.25) is 5.91 Å². The van der Waals surface area contributed by atoms with Crippen LogP contribution >= 0.6 is 0 Å². The van der Waals surface area contributed by atoms with E-state index in [4.69, 9.17) is 0 Å². The molecule has 0 bridgehead atoms. The summed E-state index contributed by atoms with van der Waals surface area (Å²) in [6.45, 7) is 2.71. The number of hydrogen-bond donors (Lipinski definition) is 2. The number of urea groups is 1. The number of amides is 3. The first-order chi connectivity index (χ1) is 19.8. The number of carbonyl (C=O) groups is 2. The van der Waals surface area contributed by atoms with Crippen LogP contribution < -0.4 is 10.6 Å². The number of nitrogens with zero attached hydrogens (tertiary/aromatic N) is 2. The van der Waals surface area contributed by atoms with E-state index in [1.807, 2.05) is 67.7 Å². The maximum absolute atomic E-state index is 13.7. The summed E-state index contributed by atoms with van der Waals surface area (Å²) in [5.41, 5.74) is 1.99. The molecule has 3 aromatic carbocycles. The van der Waals surface area contributed by atoms with E-state index >= 15 is 0 Å². The van der Waals surface area contributed by atoms with E-state index in [9.17, 15) is 18.0 Å². The Morgan fingerprint density at radius 3 is 1.98 bits per heavy atom. The van der Waals surface area contributed by atoms with Crippen LogP contribution in [0.2, 0.25) is 0 Å². The molecule has 1 heterocycles. The molecule has 3 aromatic rings. The van der Waals surface area contributed by atoms with Crippen LogP contribution in [0.25, 0.3) is 0 Å². The molecule has 1 aliphatic rings. The highest BCUT2D eigenvalue weighted by atomic mass is 32.2. The van der Waals surface area contributed by atoms with Gasteiger partial charge in [-0.1, -0.05) is 84.9 Å². The molecule has 0 spiro atoms. The zero-order chi connectivity index (χ0) is 29.1. The minimum Gasteiger partial charge on any atom is -0.348 e. The molecule has 41 heavy (non-hydrogen) atoms. The van der Waals surface area contributed by atoms with Crippen molar-refractivity contribution >= 4 is 21.8 Å². The smallest absolute Gasteiger partial charge is 0.318 e. The Kier molecular flexibility index (Phi) is 10.7. The van der Waals surface area contributed by atoms with Crippen LogP contribution in [0.15, 0.2) is 107 Å². The van der Waals surface area contributed by atoms with E-state index < -0.39 is 21.9 Å². The largest absolute Gasteiger partial charge is 0.348 e. The van der Waals surface area contributed by atoms with E-state index in [1.54, 1.807) is 35.2 Å². The quantitative estimate of drug-likeness (QED) is 0.364. The highest BCUT2D eigenvalue weighted by Crippen LogP contribution is 2.14. The molecule has 1 aliphatic heterocycles. The predicted octanol–water partition coefficient (Wildman–Crippen LogP) is 3.66. The van der Waals surface area contributed by atoms with Crippen LogP contribution in [0, 0.1) is 0 Å². The maximum atomic E-state index is 13.7. The van der Waals surface area contributed by atoms with Gasteiger partial charge >= 0.3 is 6.03 Å². The van der Waals surface area contributed by atoms with E-state index in [1.165, 1.54) is 6.08 Å². The van der Waals surface area contributed by atoms with E-state index in [-0.39, 0.29) is 16.8 Å². The summed E-state index contributed by atoms with van der Waals surface area (Å²) in [4.78, 5) is 30.9. The van der Waals surface area contributed by atoms with Gasteiger partial charge in [0.1, 0.15) is 6.04 Å². The molecule has 0 aliphatic carbocycles. The van der Waals surface area contributed by atoms with Crippen LogP contribution in [0.5, 0.6) is 0 Å². The number of aryl methyl sites for hydroxylation is 1. The minimum atomic E-state index is -3.69. The third kappa shape index (κ3) is 9.30. The molecule has 2 N–H and O–H groups in total. The molecule has 8 nitrogen and oxygen atoms in total. The van der Waals surface area contributed by atoms with Crippen LogP contribution in [-0.2, 0) is 27.5 Å². The van der Waals surface area contributed by atoms with Crippen molar-refractivity contribution in [3.8, 4) is 0 Å². The second-order valence-electron chi connectivity index (χ2n) is 10.3. The number of piperazine rings is 1. The van der Waals surface area contributed by atoms with Gasteiger partial charge in [-0.2, -0.15) is 0 Å². The van der Waals surface area contributed by atoms with Crippen molar-refractivity contribution in [1.82, 2.24) is 20.4 Å². The normalized spacial score (nSPS) is 15.8. The predicted molar refractivity (Wildman–Crippen MR) is 161 cm³/mol. The zero-order valence-electron chi connectivity index (χ0n) is 23.4. The van der Waals surface area contributed by atoms with Crippen molar-refractivity contribution in [2.75, 3.05) is 33.2 Å². The average Bonchev–Trinajstić information content (AvgIpc) is 3.00. The molecule has 0 radical (unpaired) electrons. The van der Waals surface area contributed by atoms with Gasteiger partial charge in [0.25, 0.3) is 0 Å². The van der Waals surface area contributed by atoms with Gasteiger partial charge in [-0.3, -0.25) is 4.79 Å². The highest BCUT2D eigenvalue weighted by molar-refractivity contribution is 7.94. The molecule has 3 amide bonds. The molecule has 0 unspecified atom stereocenters. The molecular weight excluding hydrogens is 536 g/mol. The lowest BCUT2D eigenvalue weighted by Gasteiger charge is -2.33. The van der Waals surface area contributed by atoms with Crippen LogP contribution in [0.1, 0.15) is 17.5 Å². The molecule has 1 saturated heterocycles. The lowest BCUT2D eigenvalue weighted by atomic mass is 10.0. The molecule has 1 fully saturated rings. The Morgan fingerprint density at radius 2 is 1.37 bits per heavy atom. The number of sulfone groups is 1. The fourth-order valence-electron chi connectivity index (χ4n) is 4.66. The fourth-order valence-corrected chi connectivity index (χ4v) is 5.75. The molecular formula is C32H38N4O4S. The highest BCUT2D eigenvalue weighted by Gasteiger charge is 2.27. The summed E-state index contributed by atoms with van der Waals surface area (Å²) in [5.74, 6) is -0.365. The average molecular weight is 575 g/mol. The van der Waals surface area contributed by atoms with Gasteiger partial charge in [0, 0.05) is 44.0 Å². The summed E-state index contributed by atoms with van der Waals surface area (Å²) in [5, 5.41) is 7.12. The van der Waals surface area contributed by atoms with Gasteiger partial charge in [0.05, 0.1) is 4.90 Å². The number of nitrogens with one attached hydrogen (secondary N) is 2. The molecule has 4 rings (SSSR count). The Morgan fingerprint density at radius 1 is 0.805 bits per heavy atom. The van der Waals surface area contributed by atoms with Crippen molar-refractivity contribution in [1.29, 1.82) is 0 Å². The summed E-state index contributed by atoms with van der Waals surface area (Å²) in [6.07, 6.45) is 2.97. The van der Waals surface area contributed by atoms with Gasteiger partial charge in [-0.15, -0.1) is 0 Å². The van der Waals surface area contributed by atoms with Gasteiger partial charge in [-0.25, -0.2) is 13.2 Å². The standard InChI is InChI=1S/C32H38N4O4S/c1-35-20-22-36(23-21-35)32(38)34-30(25-27-13-7-3-8-14-27)31(37)33-28(18-17-26-11-5-2-6-12-26)19-24-41(39,40)29-15-9-4-10-16-29/h2-16,19,24,28,30H,17-18,20-23,25H2,1H3,(H,33,37)(H,34,38)/t28-,30+/m1/s1. The van der Waals surface area contributed by atoms with Crippen molar-refractivity contribution in [3.63, 3.8) is 0 Å². The number of likely N-dealkylation sites (N-methyl/N-ethyl adjacent to an activating group) is 1. The Balaban J connectivity index is 1.52. The molecule has 0 saturated carbocycles. The lowest BCUT2D eigenvalue weighted by molar-refractivity contribution is -0.123. The Bertz CT molecular complexity index is 1390. The molecule has 2 atom stereocenters. The second kappa shape index (κ2) is 14.6. The van der Waals surface area contributed by atoms with E-state index in [0.29, 0.717) is 32.4 Å². The van der Waals surface area contributed by atoms with Crippen LogP contribution in [0.4, 0.5) is 4.79 Å². The first kappa shape index (κ1) is 30.0. The Labute approximate surface area is 243 Å². The lowest BCUT2D eigenvalue weighted by Crippen LogP contribution is -2.56. The van der Waals surface area contributed by atoms with E-state index in [0.717, 1.165) is 29.6 Å². The Hall–Kier alpha value is -3.95. The first-order valence-corrected chi connectivity index (χ1v) is 15.5. The molecule has 216 valence electrons. The number of hydrogen-bond acceptors (Lipinski definition) is 5. The van der Waals surface area contributed by atoms with Crippen molar-refractivity contribution < 1.29 is 18.0 Å². The summed E-state index contributed by atoms with van der Waals surface area (Å²) >= 11 is 0. The van der Waals surface area contributed by atoms with Crippen molar-refractivity contribution in [2.45, 2.75) is 36.2 Å². The van der Waals surface area contributed by atoms with Gasteiger partial charge in [-0.05, 0) is 43.1 Å². The summed E-state index contributed by atoms with van der Waals surface area (Å²) < 4.78 is 25.9. The maximum Gasteiger partial charge on any atom is 0.318 e. The molecule has 9 heteroatoms. The third-order valence-electron chi connectivity index (χ3n) is 7.16. The van der Waals surface area contributed by atoms with Gasteiger partial charge < -0.3 is 20.4 Å². The number of benzene rings is 3. The summed E-state index contributed by atoms with van der Waals surface area (Å²) in [6, 6.07) is 25.9. The summed E-state index contributed by atoms with van der Waals surface area (Å²) in [7, 11) is -1.68.